The van der Waals surface area contributed by atoms with Gasteiger partial charge in [0.25, 0.3) is 0 Å². The van der Waals surface area contributed by atoms with E-state index in [1.54, 1.807) is 6.92 Å². The summed E-state index contributed by atoms with van der Waals surface area (Å²) in [5, 5.41) is 0. The third-order valence-corrected chi connectivity index (χ3v) is 7.05. The van der Waals surface area contributed by atoms with Crippen LogP contribution in [0.3, 0.4) is 0 Å². The number of carbonyl (C=O) groups excluding carboxylic acids is 4. The van der Waals surface area contributed by atoms with Gasteiger partial charge in [-0.3, -0.25) is 19.2 Å². The lowest BCUT2D eigenvalue weighted by Gasteiger charge is -2.36. The minimum Gasteiger partial charge on any atom is -0.328 e. The molecule has 0 bridgehead atoms. The molecule has 1 saturated heterocycles. The Balaban J connectivity index is 1.72. The van der Waals surface area contributed by atoms with Gasteiger partial charge in [0.05, 0.1) is 6.54 Å². The van der Waals surface area contributed by atoms with Crippen molar-refractivity contribution in [3.63, 3.8) is 0 Å². The normalized spacial score (nSPS) is 17.2. The Morgan fingerprint density at radius 1 is 0.610 bits per heavy atom. The summed E-state index contributed by atoms with van der Waals surface area (Å²) >= 11 is 0. The molecule has 0 unspecified atom stereocenters. The summed E-state index contributed by atoms with van der Waals surface area (Å²) in [7, 11) is 0. The molecule has 0 N–H and O–H groups in total. The maximum Gasteiger partial charge on any atom is 0.245 e. The predicted molar refractivity (Wildman–Crippen MR) is 156 cm³/mol. The first-order valence-corrected chi connectivity index (χ1v) is 13.5. The van der Waals surface area contributed by atoms with Gasteiger partial charge in [0.15, 0.2) is 0 Å². The van der Waals surface area contributed by atoms with Gasteiger partial charge in [-0.05, 0) is 23.6 Å². The summed E-state index contributed by atoms with van der Waals surface area (Å²) in [4.78, 5) is 60.7. The Labute approximate surface area is 241 Å². The Morgan fingerprint density at radius 3 is 1.54 bits per heavy atom. The van der Waals surface area contributed by atoms with Crippen LogP contribution in [0, 0.1) is 12.3 Å². The third kappa shape index (κ3) is 7.83. The number of hydrogen-bond acceptors (Lipinski definition) is 4. The second kappa shape index (κ2) is 13.9. The molecule has 4 rings (SSSR count). The first kappa shape index (κ1) is 29.1. The Kier molecular flexibility index (Phi) is 9.89. The van der Waals surface area contributed by atoms with Crippen LogP contribution in [0.25, 0.3) is 0 Å². The van der Waals surface area contributed by atoms with Crippen LogP contribution in [0.5, 0.6) is 0 Å². The highest BCUT2D eigenvalue weighted by atomic mass is 16.2. The molecule has 210 valence electrons. The number of rotatable bonds is 7. The Morgan fingerprint density at radius 2 is 1.02 bits per heavy atom. The predicted octanol–water partition coefficient (Wildman–Crippen LogP) is 2.94. The van der Waals surface area contributed by atoms with E-state index in [1.807, 2.05) is 91.0 Å². The molecule has 0 spiro atoms. The number of benzene rings is 3. The van der Waals surface area contributed by atoms with E-state index in [-0.39, 0.29) is 57.6 Å². The molecular formula is C33H34N4O4. The number of nitrogens with zero attached hydrogens (tertiary/aromatic N) is 4. The van der Waals surface area contributed by atoms with Crippen molar-refractivity contribution in [3.05, 3.63) is 108 Å². The van der Waals surface area contributed by atoms with Gasteiger partial charge < -0.3 is 19.6 Å². The van der Waals surface area contributed by atoms with E-state index in [0.717, 1.165) is 16.7 Å². The molecule has 0 saturated carbocycles. The largest absolute Gasteiger partial charge is 0.328 e. The van der Waals surface area contributed by atoms with Gasteiger partial charge in [-0.1, -0.05) is 96.9 Å². The van der Waals surface area contributed by atoms with Crippen LogP contribution in [0.2, 0.25) is 0 Å². The van der Waals surface area contributed by atoms with Crippen LogP contribution in [-0.2, 0) is 38.8 Å². The summed E-state index contributed by atoms with van der Waals surface area (Å²) < 4.78 is 0. The number of amides is 4. The van der Waals surface area contributed by atoms with Crippen LogP contribution in [-0.4, -0.2) is 75.4 Å². The highest BCUT2D eigenvalue weighted by molar-refractivity contribution is 5.94. The maximum absolute atomic E-state index is 14.0. The molecule has 0 aliphatic carbocycles. The molecule has 1 fully saturated rings. The van der Waals surface area contributed by atoms with Gasteiger partial charge in [-0.15, -0.1) is 6.42 Å². The molecule has 8 heteroatoms. The molecule has 4 amide bonds. The lowest BCUT2D eigenvalue weighted by molar-refractivity contribution is -0.153. The van der Waals surface area contributed by atoms with Crippen molar-refractivity contribution in [1.82, 2.24) is 19.6 Å². The number of terminal acetylenes is 1. The van der Waals surface area contributed by atoms with Crippen LogP contribution < -0.4 is 0 Å². The molecule has 1 heterocycles. The van der Waals surface area contributed by atoms with Gasteiger partial charge in [-0.2, -0.15) is 0 Å². The van der Waals surface area contributed by atoms with E-state index in [9.17, 15) is 19.2 Å². The number of hydrogen-bond donors (Lipinski definition) is 0. The summed E-state index contributed by atoms with van der Waals surface area (Å²) in [6.07, 6.45) is 5.55. The zero-order valence-electron chi connectivity index (χ0n) is 23.2. The van der Waals surface area contributed by atoms with E-state index >= 15 is 0 Å². The quantitative estimate of drug-likeness (QED) is 0.424. The fourth-order valence-electron chi connectivity index (χ4n) is 4.79. The van der Waals surface area contributed by atoms with Gasteiger partial charge in [0.1, 0.15) is 25.7 Å². The van der Waals surface area contributed by atoms with Crippen molar-refractivity contribution in [1.29, 1.82) is 0 Å². The molecular weight excluding hydrogens is 516 g/mol. The van der Waals surface area contributed by atoms with Crippen molar-refractivity contribution in [2.24, 2.45) is 0 Å². The first-order chi connectivity index (χ1) is 19.9. The third-order valence-electron chi connectivity index (χ3n) is 7.05. The monoisotopic (exact) mass is 550 g/mol. The highest BCUT2D eigenvalue weighted by Gasteiger charge is 2.34. The standard InChI is InChI=1S/C33H34N4O4/c1-3-19-34-23-31(39)35(20-27-13-7-4-8-14-27)25-32(40)37(22-29-17-11-6-12-18-29)26(2)33(41)36(24-30(34)38)21-28-15-9-5-10-16-28/h1,4-18,26H,19-25H2,2H3/t26-/m0/s1. The van der Waals surface area contributed by atoms with Crippen LogP contribution in [0.15, 0.2) is 91.0 Å². The molecule has 41 heavy (non-hydrogen) atoms. The summed E-state index contributed by atoms with van der Waals surface area (Å²) in [6.45, 7) is 1.25. The van der Waals surface area contributed by atoms with E-state index < -0.39 is 17.9 Å². The van der Waals surface area contributed by atoms with Crippen molar-refractivity contribution >= 4 is 23.6 Å². The molecule has 1 aliphatic rings. The zero-order chi connectivity index (χ0) is 29.2. The van der Waals surface area contributed by atoms with E-state index in [0.29, 0.717) is 0 Å². The molecule has 0 aromatic heterocycles. The smallest absolute Gasteiger partial charge is 0.245 e. The van der Waals surface area contributed by atoms with Crippen LogP contribution in [0.4, 0.5) is 0 Å². The topological polar surface area (TPSA) is 81.2 Å². The summed E-state index contributed by atoms with van der Waals surface area (Å²) in [5.41, 5.74) is 2.52. The lowest BCUT2D eigenvalue weighted by Crippen LogP contribution is -2.56. The zero-order valence-corrected chi connectivity index (χ0v) is 23.2. The second-order valence-electron chi connectivity index (χ2n) is 10.1. The van der Waals surface area contributed by atoms with Crippen molar-refractivity contribution in [3.8, 4) is 12.3 Å². The Bertz CT molecular complexity index is 1390. The van der Waals surface area contributed by atoms with Crippen molar-refractivity contribution in [2.45, 2.75) is 32.6 Å². The van der Waals surface area contributed by atoms with E-state index in [1.165, 1.54) is 19.6 Å². The average molecular weight is 551 g/mol. The SMILES string of the molecule is C#CCN1CC(=O)N(Cc2ccccc2)CC(=O)N(Cc2ccccc2)[C@@H](C)C(=O)N(Cc2ccccc2)CC1=O. The fourth-order valence-corrected chi connectivity index (χ4v) is 4.79. The first-order valence-electron chi connectivity index (χ1n) is 13.5. The molecule has 8 nitrogen and oxygen atoms in total. The Hall–Kier alpha value is -4.90. The van der Waals surface area contributed by atoms with Gasteiger partial charge in [-0.25, -0.2) is 0 Å². The van der Waals surface area contributed by atoms with Gasteiger partial charge >= 0.3 is 0 Å². The molecule has 1 atom stereocenters. The van der Waals surface area contributed by atoms with Crippen LogP contribution in [0.1, 0.15) is 23.6 Å². The summed E-state index contributed by atoms with van der Waals surface area (Å²) in [5.74, 6) is 0.876. The number of carbonyl (C=O) groups is 4. The average Bonchev–Trinajstić information content (AvgIpc) is 2.99. The minimum absolute atomic E-state index is 0.0965. The minimum atomic E-state index is -0.895. The highest BCUT2D eigenvalue weighted by Crippen LogP contribution is 2.17. The fraction of sp³-hybridized carbons (Fsp3) is 0.273. The summed E-state index contributed by atoms with van der Waals surface area (Å²) in [6, 6.07) is 27.1. The molecule has 3 aromatic carbocycles. The van der Waals surface area contributed by atoms with E-state index in [2.05, 4.69) is 5.92 Å². The van der Waals surface area contributed by atoms with Gasteiger partial charge in [0.2, 0.25) is 23.6 Å². The molecule has 0 radical (unpaired) electrons. The van der Waals surface area contributed by atoms with Crippen molar-refractivity contribution < 1.29 is 19.2 Å². The van der Waals surface area contributed by atoms with Gasteiger partial charge in [0, 0.05) is 19.6 Å². The van der Waals surface area contributed by atoms with E-state index in [4.69, 9.17) is 6.42 Å². The van der Waals surface area contributed by atoms with Crippen LogP contribution >= 0.6 is 0 Å². The van der Waals surface area contributed by atoms with Crippen molar-refractivity contribution in [2.75, 3.05) is 26.2 Å². The second-order valence-corrected chi connectivity index (χ2v) is 10.1. The lowest BCUT2D eigenvalue weighted by atomic mass is 10.1. The molecule has 3 aromatic rings. The maximum atomic E-state index is 14.0. The molecule has 1 aliphatic heterocycles.